The zero-order chi connectivity index (χ0) is 6.69. The first kappa shape index (κ1) is 6.23. The molecular weight excluding hydrogens is 114 g/mol. The van der Waals surface area contributed by atoms with Gasteiger partial charge >= 0.3 is 0 Å². The van der Waals surface area contributed by atoms with Gasteiger partial charge in [0.25, 0.3) is 0 Å². The molecule has 0 saturated heterocycles. The van der Waals surface area contributed by atoms with Crippen molar-refractivity contribution in [2.24, 2.45) is 0 Å². The summed E-state index contributed by atoms with van der Waals surface area (Å²) in [7, 11) is 0. The van der Waals surface area contributed by atoms with Crippen molar-refractivity contribution in [2.45, 2.75) is 13.5 Å². The highest BCUT2D eigenvalue weighted by molar-refractivity contribution is 5.16. The Morgan fingerprint density at radius 3 is 2.89 bits per heavy atom. The highest BCUT2D eigenvalue weighted by Gasteiger charge is 1.93. The SMILES string of the molecule is Cc1cccnc1C[O]. The highest BCUT2D eigenvalue weighted by Crippen LogP contribution is 2.01. The second-order valence-electron chi connectivity index (χ2n) is 1.91. The molecule has 47 valence electrons. The smallest absolute Gasteiger partial charge is 0.125 e. The lowest BCUT2D eigenvalue weighted by molar-refractivity contribution is 0.173. The molecule has 0 fully saturated rings. The number of aryl methyl sites for hydroxylation is 1. The predicted molar refractivity (Wildman–Crippen MR) is 33.4 cm³/mol. The summed E-state index contributed by atoms with van der Waals surface area (Å²) in [6, 6.07) is 3.72. The Morgan fingerprint density at radius 2 is 2.44 bits per heavy atom. The van der Waals surface area contributed by atoms with Crippen LogP contribution in [-0.2, 0) is 11.7 Å². The van der Waals surface area contributed by atoms with Gasteiger partial charge in [0, 0.05) is 6.20 Å². The highest BCUT2D eigenvalue weighted by atomic mass is 16.3. The fourth-order valence-corrected chi connectivity index (χ4v) is 0.669. The third kappa shape index (κ3) is 1.27. The maximum Gasteiger partial charge on any atom is 0.125 e. The molecule has 0 bridgehead atoms. The molecule has 0 aliphatic rings. The third-order valence-corrected chi connectivity index (χ3v) is 1.25. The van der Waals surface area contributed by atoms with Gasteiger partial charge in [-0.3, -0.25) is 4.98 Å². The fourth-order valence-electron chi connectivity index (χ4n) is 0.669. The Hall–Kier alpha value is -0.890. The van der Waals surface area contributed by atoms with Crippen molar-refractivity contribution in [1.82, 2.24) is 4.98 Å². The molecule has 1 rings (SSSR count). The first-order valence-corrected chi connectivity index (χ1v) is 2.83. The van der Waals surface area contributed by atoms with E-state index in [0.29, 0.717) is 5.69 Å². The standard InChI is InChI=1S/C7H8NO/c1-6-3-2-4-8-7(6)5-9/h2-4H,5H2,1H3. The van der Waals surface area contributed by atoms with Crippen LogP contribution in [0.3, 0.4) is 0 Å². The minimum absolute atomic E-state index is 0.216. The Bertz CT molecular complexity index is 198. The number of nitrogens with zero attached hydrogens (tertiary/aromatic N) is 1. The summed E-state index contributed by atoms with van der Waals surface area (Å²) >= 11 is 0. The molecule has 0 aliphatic carbocycles. The number of aromatic nitrogens is 1. The summed E-state index contributed by atoms with van der Waals surface area (Å²) in [5.41, 5.74) is 1.63. The zero-order valence-electron chi connectivity index (χ0n) is 5.29. The van der Waals surface area contributed by atoms with E-state index in [4.69, 9.17) is 0 Å². The molecule has 2 nitrogen and oxygen atoms in total. The maximum absolute atomic E-state index is 10.3. The van der Waals surface area contributed by atoms with E-state index < -0.39 is 0 Å². The first-order valence-electron chi connectivity index (χ1n) is 2.83. The number of hydrogen-bond donors (Lipinski definition) is 0. The lowest BCUT2D eigenvalue weighted by atomic mass is 10.2. The van der Waals surface area contributed by atoms with Crippen LogP contribution in [-0.4, -0.2) is 4.98 Å². The van der Waals surface area contributed by atoms with E-state index in [0.717, 1.165) is 5.56 Å². The molecule has 0 aliphatic heterocycles. The van der Waals surface area contributed by atoms with Crippen molar-refractivity contribution in [3.63, 3.8) is 0 Å². The van der Waals surface area contributed by atoms with Crippen LogP contribution in [0.15, 0.2) is 18.3 Å². The molecule has 0 amide bonds. The summed E-state index contributed by atoms with van der Waals surface area (Å²) < 4.78 is 0. The van der Waals surface area contributed by atoms with Crippen molar-refractivity contribution < 1.29 is 5.11 Å². The van der Waals surface area contributed by atoms with Gasteiger partial charge in [0.2, 0.25) is 0 Å². The van der Waals surface area contributed by atoms with E-state index in [1.165, 1.54) is 0 Å². The Balaban J connectivity index is 3.01. The van der Waals surface area contributed by atoms with Gasteiger partial charge in [0.1, 0.15) is 6.61 Å². The van der Waals surface area contributed by atoms with Crippen molar-refractivity contribution in [3.05, 3.63) is 29.6 Å². The van der Waals surface area contributed by atoms with Gasteiger partial charge < -0.3 is 0 Å². The maximum atomic E-state index is 10.3. The summed E-state index contributed by atoms with van der Waals surface area (Å²) in [6.07, 6.45) is 1.64. The van der Waals surface area contributed by atoms with Gasteiger partial charge in [0.15, 0.2) is 0 Å². The fraction of sp³-hybridized carbons (Fsp3) is 0.286. The van der Waals surface area contributed by atoms with Gasteiger partial charge in [0.05, 0.1) is 5.69 Å². The lowest BCUT2D eigenvalue weighted by Crippen LogP contribution is -1.89. The van der Waals surface area contributed by atoms with Crippen molar-refractivity contribution in [1.29, 1.82) is 0 Å². The largest absolute Gasteiger partial charge is 0.258 e. The average Bonchev–Trinajstić information content (AvgIpc) is 1.89. The van der Waals surface area contributed by atoms with Gasteiger partial charge in [-0.2, -0.15) is 0 Å². The molecule has 0 aromatic carbocycles. The summed E-state index contributed by atoms with van der Waals surface area (Å²) in [5.74, 6) is 0. The van der Waals surface area contributed by atoms with Crippen molar-refractivity contribution >= 4 is 0 Å². The van der Waals surface area contributed by atoms with E-state index in [1.54, 1.807) is 6.20 Å². The van der Waals surface area contributed by atoms with Crippen LogP contribution in [0.4, 0.5) is 0 Å². The van der Waals surface area contributed by atoms with Gasteiger partial charge in [-0.15, -0.1) is 0 Å². The second kappa shape index (κ2) is 2.60. The number of hydrogen-bond acceptors (Lipinski definition) is 1. The molecule has 0 N–H and O–H groups in total. The third-order valence-electron chi connectivity index (χ3n) is 1.25. The number of rotatable bonds is 1. The van der Waals surface area contributed by atoms with Crippen LogP contribution >= 0.6 is 0 Å². The molecule has 0 atom stereocenters. The second-order valence-corrected chi connectivity index (χ2v) is 1.91. The predicted octanol–water partition coefficient (Wildman–Crippen LogP) is 1.32. The van der Waals surface area contributed by atoms with Crippen LogP contribution < -0.4 is 0 Å². The minimum atomic E-state index is -0.216. The Kier molecular flexibility index (Phi) is 1.80. The summed E-state index contributed by atoms with van der Waals surface area (Å²) in [5, 5.41) is 10.3. The molecule has 1 radical (unpaired) electrons. The Morgan fingerprint density at radius 1 is 1.67 bits per heavy atom. The topological polar surface area (TPSA) is 32.8 Å². The van der Waals surface area contributed by atoms with Crippen LogP contribution in [0, 0.1) is 6.92 Å². The molecule has 9 heavy (non-hydrogen) atoms. The van der Waals surface area contributed by atoms with E-state index in [1.807, 2.05) is 19.1 Å². The van der Waals surface area contributed by atoms with Crippen molar-refractivity contribution in [3.8, 4) is 0 Å². The molecular formula is C7H8NO. The first-order chi connectivity index (χ1) is 4.34. The summed E-state index contributed by atoms with van der Waals surface area (Å²) in [6.45, 7) is 1.67. The molecule has 0 unspecified atom stereocenters. The molecule has 1 aromatic heterocycles. The van der Waals surface area contributed by atoms with Gasteiger partial charge in [-0.25, -0.2) is 5.11 Å². The van der Waals surface area contributed by atoms with E-state index in [-0.39, 0.29) is 6.61 Å². The lowest BCUT2D eigenvalue weighted by Gasteiger charge is -1.95. The average molecular weight is 122 g/mol. The molecule has 1 heterocycles. The van der Waals surface area contributed by atoms with Gasteiger partial charge in [-0.1, -0.05) is 6.07 Å². The van der Waals surface area contributed by atoms with Gasteiger partial charge in [-0.05, 0) is 18.6 Å². The molecule has 2 heteroatoms. The normalized spacial score (nSPS) is 9.56. The van der Waals surface area contributed by atoms with E-state index in [2.05, 4.69) is 4.98 Å². The monoisotopic (exact) mass is 122 g/mol. The van der Waals surface area contributed by atoms with Crippen LogP contribution in [0.5, 0.6) is 0 Å². The molecule has 0 saturated carbocycles. The molecule has 1 aromatic rings. The van der Waals surface area contributed by atoms with E-state index >= 15 is 0 Å². The summed E-state index contributed by atoms with van der Waals surface area (Å²) in [4.78, 5) is 3.88. The van der Waals surface area contributed by atoms with Crippen molar-refractivity contribution in [2.75, 3.05) is 0 Å². The number of pyridine rings is 1. The zero-order valence-corrected chi connectivity index (χ0v) is 5.29. The van der Waals surface area contributed by atoms with E-state index in [9.17, 15) is 5.11 Å². The molecule has 0 spiro atoms. The minimum Gasteiger partial charge on any atom is -0.258 e. The van der Waals surface area contributed by atoms with Crippen LogP contribution in [0.25, 0.3) is 0 Å². The Labute approximate surface area is 54.2 Å². The van der Waals surface area contributed by atoms with Crippen LogP contribution in [0.1, 0.15) is 11.3 Å². The quantitative estimate of drug-likeness (QED) is 0.553. The van der Waals surface area contributed by atoms with Crippen LogP contribution in [0.2, 0.25) is 0 Å².